The van der Waals surface area contributed by atoms with Gasteiger partial charge in [0.15, 0.2) is 23.0 Å². The van der Waals surface area contributed by atoms with Crippen LogP contribution in [0.4, 0.5) is 0 Å². The predicted molar refractivity (Wildman–Crippen MR) is 115 cm³/mol. The largest absolute Gasteiger partial charge is 0.493 e. The normalized spacial score (nSPS) is 11.1. The van der Waals surface area contributed by atoms with Crippen molar-refractivity contribution in [1.82, 2.24) is 0 Å². The summed E-state index contributed by atoms with van der Waals surface area (Å²) >= 11 is 0. The fourth-order valence-electron chi connectivity index (χ4n) is 3.08. The van der Waals surface area contributed by atoms with Crippen LogP contribution in [0.3, 0.4) is 0 Å². The van der Waals surface area contributed by atoms with E-state index in [9.17, 15) is 0 Å². The number of hydrogen-bond donors (Lipinski definition) is 1. The van der Waals surface area contributed by atoms with E-state index < -0.39 is 0 Å². The smallest absolute Gasteiger partial charge is 0.203 e. The number of rotatable bonds is 10. The number of methoxy groups -OCH3 is 6. The molecule has 7 nitrogen and oxygen atoms in total. The average molecular weight is 428 g/mol. The minimum Gasteiger partial charge on any atom is -0.493 e. The molecule has 0 saturated heterocycles. The summed E-state index contributed by atoms with van der Waals surface area (Å²) in [5.41, 5.74) is 8.38. The third kappa shape index (κ3) is 5.52. The molecule has 0 bridgehead atoms. The number of nitrogens with two attached hydrogens (primary N) is 1. The predicted octanol–water partition coefficient (Wildman–Crippen LogP) is 3.79. The van der Waals surface area contributed by atoms with Crippen LogP contribution in [0.2, 0.25) is 0 Å². The summed E-state index contributed by atoms with van der Waals surface area (Å²) in [7, 11) is 9.53. The van der Waals surface area contributed by atoms with Gasteiger partial charge in [0.05, 0.1) is 42.7 Å². The maximum Gasteiger partial charge on any atom is 0.203 e. The minimum atomic E-state index is -0.215. The second-order valence-corrected chi connectivity index (χ2v) is 6.14. The van der Waals surface area contributed by atoms with Crippen molar-refractivity contribution >= 4 is 12.4 Å². The molecule has 2 rings (SSSR count). The van der Waals surface area contributed by atoms with Crippen molar-refractivity contribution in [1.29, 1.82) is 0 Å². The summed E-state index contributed by atoms with van der Waals surface area (Å²) in [6, 6.07) is 7.40. The molecule has 2 N–H and O–H groups in total. The molecular formula is C21H30ClNO6. The van der Waals surface area contributed by atoms with E-state index in [1.807, 2.05) is 24.3 Å². The Labute approximate surface area is 178 Å². The lowest BCUT2D eigenvalue weighted by Gasteiger charge is -2.18. The van der Waals surface area contributed by atoms with E-state index in [1.165, 1.54) is 0 Å². The lowest BCUT2D eigenvalue weighted by atomic mass is 9.98. The highest BCUT2D eigenvalue weighted by atomic mass is 35.5. The van der Waals surface area contributed by atoms with Crippen molar-refractivity contribution in [3.05, 3.63) is 35.4 Å². The van der Waals surface area contributed by atoms with Crippen molar-refractivity contribution < 1.29 is 28.4 Å². The van der Waals surface area contributed by atoms with Gasteiger partial charge in [-0.05, 0) is 48.2 Å². The van der Waals surface area contributed by atoms with E-state index in [-0.39, 0.29) is 18.4 Å². The molecule has 0 radical (unpaired) electrons. The quantitative estimate of drug-likeness (QED) is 0.617. The van der Waals surface area contributed by atoms with Gasteiger partial charge in [-0.2, -0.15) is 0 Å². The first kappa shape index (κ1) is 24.5. The first-order valence-corrected chi connectivity index (χ1v) is 8.87. The number of halogens is 1. The van der Waals surface area contributed by atoms with Crippen molar-refractivity contribution in [3.8, 4) is 34.5 Å². The van der Waals surface area contributed by atoms with Crippen LogP contribution in [0.15, 0.2) is 24.3 Å². The highest BCUT2D eigenvalue weighted by molar-refractivity contribution is 5.85. The third-order valence-electron chi connectivity index (χ3n) is 4.58. The molecule has 8 heteroatoms. The molecule has 1 atom stereocenters. The molecule has 29 heavy (non-hydrogen) atoms. The highest BCUT2D eigenvalue weighted by Crippen LogP contribution is 2.41. The molecule has 162 valence electrons. The van der Waals surface area contributed by atoms with E-state index >= 15 is 0 Å². The van der Waals surface area contributed by atoms with Gasteiger partial charge in [-0.3, -0.25) is 0 Å². The van der Waals surface area contributed by atoms with Crippen molar-refractivity contribution in [3.63, 3.8) is 0 Å². The van der Waals surface area contributed by atoms with Crippen molar-refractivity contribution in [2.45, 2.75) is 18.9 Å². The summed E-state index contributed by atoms with van der Waals surface area (Å²) < 4.78 is 32.4. The molecule has 0 aromatic heterocycles. The Hall–Kier alpha value is -2.51. The van der Waals surface area contributed by atoms with Crippen LogP contribution in [-0.4, -0.2) is 42.7 Å². The van der Waals surface area contributed by atoms with E-state index in [0.29, 0.717) is 40.9 Å². The Bertz CT molecular complexity index is 749. The number of ether oxygens (including phenoxy) is 6. The molecule has 0 saturated carbocycles. The SMILES string of the molecule is COc1cc(CCC(N)c2cc(OC)c(OC)c(OC)c2)cc(OC)c1OC.Cl. The second kappa shape index (κ2) is 11.5. The number of hydrogen-bond acceptors (Lipinski definition) is 7. The Balaban J connectivity index is 0.00000420. The van der Waals surface area contributed by atoms with Gasteiger partial charge < -0.3 is 34.2 Å². The second-order valence-electron chi connectivity index (χ2n) is 6.14. The number of aryl methyl sites for hydroxylation is 1. The molecular weight excluding hydrogens is 398 g/mol. The van der Waals surface area contributed by atoms with E-state index in [0.717, 1.165) is 17.5 Å². The van der Waals surface area contributed by atoms with Gasteiger partial charge in [-0.15, -0.1) is 12.4 Å². The topological polar surface area (TPSA) is 81.4 Å². The number of benzene rings is 2. The van der Waals surface area contributed by atoms with Crippen molar-refractivity contribution in [2.24, 2.45) is 5.73 Å². The summed E-state index contributed by atoms with van der Waals surface area (Å²) in [5.74, 6) is 3.53. The zero-order valence-electron chi connectivity index (χ0n) is 17.7. The monoisotopic (exact) mass is 427 g/mol. The van der Waals surface area contributed by atoms with Gasteiger partial charge in [0.1, 0.15) is 0 Å². The fraction of sp³-hybridized carbons (Fsp3) is 0.429. The van der Waals surface area contributed by atoms with Crippen LogP contribution in [0.1, 0.15) is 23.6 Å². The van der Waals surface area contributed by atoms with Crippen LogP contribution in [0.5, 0.6) is 34.5 Å². The summed E-state index contributed by atoms with van der Waals surface area (Å²) in [6.45, 7) is 0. The molecule has 2 aromatic carbocycles. The molecule has 1 unspecified atom stereocenters. The summed E-state index contributed by atoms with van der Waals surface area (Å²) in [6.07, 6.45) is 1.44. The Morgan fingerprint density at radius 3 is 1.38 bits per heavy atom. The van der Waals surface area contributed by atoms with E-state index in [1.54, 1.807) is 42.7 Å². The van der Waals surface area contributed by atoms with Crippen LogP contribution >= 0.6 is 12.4 Å². The zero-order valence-corrected chi connectivity index (χ0v) is 18.6. The standard InChI is InChI=1S/C21H29NO6.ClH/c1-23-16-9-13(10-17(24-2)20(16)27-5)7-8-15(22)14-11-18(25-3)21(28-6)19(12-14)26-4;/h9-12,15H,7-8,22H2,1-6H3;1H. The van der Waals surface area contributed by atoms with Gasteiger partial charge in [-0.1, -0.05) is 0 Å². The Kier molecular flexibility index (Phi) is 9.71. The first-order valence-electron chi connectivity index (χ1n) is 8.87. The Morgan fingerprint density at radius 1 is 0.655 bits per heavy atom. The highest BCUT2D eigenvalue weighted by Gasteiger charge is 2.18. The van der Waals surface area contributed by atoms with Crippen LogP contribution in [0, 0.1) is 0 Å². The summed E-state index contributed by atoms with van der Waals surface area (Å²) in [4.78, 5) is 0. The van der Waals surface area contributed by atoms with Crippen LogP contribution < -0.4 is 34.2 Å². The maximum atomic E-state index is 6.44. The van der Waals surface area contributed by atoms with Gasteiger partial charge in [0.25, 0.3) is 0 Å². The zero-order chi connectivity index (χ0) is 20.7. The average Bonchev–Trinajstić information content (AvgIpc) is 2.75. The lowest BCUT2D eigenvalue weighted by Crippen LogP contribution is -2.12. The van der Waals surface area contributed by atoms with Gasteiger partial charge in [-0.25, -0.2) is 0 Å². The molecule has 0 aliphatic carbocycles. The lowest BCUT2D eigenvalue weighted by molar-refractivity contribution is 0.323. The van der Waals surface area contributed by atoms with Crippen molar-refractivity contribution in [2.75, 3.05) is 42.7 Å². The van der Waals surface area contributed by atoms with Crippen LogP contribution in [-0.2, 0) is 6.42 Å². The molecule has 0 aliphatic rings. The maximum absolute atomic E-state index is 6.44. The molecule has 0 aliphatic heterocycles. The van der Waals surface area contributed by atoms with E-state index in [4.69, 9.17) is 34.2 Å². The van der Waals surface area contributed by atoms with E-state index in [2.05, 4.69) is 0 Å². The Morgan fingerprint density at radius 2 is 1.03 bits per heavy atom. The molecule has 0 fully saturated rings. The van der Waals surface area contributed by atoms with Gasteiger partial charge in [0, 0.05) is 6.04 Å². The molecule has 0 amide bonds. The van der Waals surface area contributed by atoms with Gasteiger partial charge in [0.2, 0.25) is 11.5 Å². The minimum absolute atomic E-state index is 0. The molecule has 2 aromatic rings. The first-order chi connectivity index (χ1) is 13.5. The third-order valence-corrected chi connectivity index (χ3v) is 4.58. The summed E-state index contributed by atoms with van der Waals surface area (Å²) in [5, 5.41) is 0. The molecule has 0 heterocycles. The van der Waals surface area contributed by atoms with Crippen LogP contribution in [0.25, 0.3) is 0 Å². The fourth-order valence-corrected chi connectivity index (χ4v) is 3.08. The molecule has 0 spiro atoms. The van der Waals surface area contributed by atoms with Gasteiger partial charge >= 0.3 is 0 Å².